The lowest BCUT2D eigenvalue weighted by atomic mass is 10.2. The van der Waals surface area contributed by atoms with Gasteiger partial charge in [-0.3, -0.25) is 9.10 Å². The second-order valence-electron chi connectivity index (χ2n) is 5.13. The summed E-state index contributed by atoms with van der Waals surface area (Å²) >= 11 is 9.44. The first-order valence-corrected chi connectivity index (χ1v) is 9.59. The van der Waals surface area contributed by atoms with Gasteiger partial charge in [0.15, 0.2) is 0 Å². The van der Waals surface area contributed by atoms with Gasteiger partial charge in [0.25, 0.3) is 10.0 Å². The molecule has 1 N–H and O–H groups in total. The van der Waals surface area contributed by atoms with Crippen LogP contribution < -0.4 is 4.31 Å². The highest BCUT2D eigenvalue weighted by atomic mass is 79.9. The van der Waals surface area contributed by atoms with Crippen LogP contribution in [0.25, 0.3) is 0 Å². The van der Waals surface area contributed by atoms with E-state index in [0.29, 0.717) is 4.47 Å². The van der Waals surface area contributed by atoms with Gasteiger partial charge in [0.1, 0.15) is 0 Å². The van der Waals surface area contributed by atoms with Crippen LogP contribution in [0.15, 0.2) is 51.8 Å². The molecule has 0 aromatic heterocycles. The summed E-state index contributed by atoms with van der Waals surface area (Å²) < 4.78 is 27.6. The molecule has 2 aromatic rings. The Morgan fingerprint density at radius 2 is 1.83 bits per heavy atom. The summed E-state index contributed by atoms with van der Waals surface area (Å²) in [6.07, 6.45) is -0.336. The SMILES string of the molecule is Cc1ccc(S(=O)(=O)N(CCC(=O)O)c2ccc(Br)cc2Cl)cc1. The van der Waals surface area contributed by atoms with Gasteiger partial charge in [-0.2, -0.15) is 0 Å². The highest BCUT2D eigenvalue weighted by molar-refractivity contribution is 9.10. The summed E-state index contributed by atoms with van der Waals surface area (Å²) in [7, 11) is -3.93. The first-order chi connectivity index (χ1) is 11.2. The van der Waals surface area contributed by atoms with E-state index in [9.17, 15) is 13.2 Å². The van der Waals surface area contributed by atoms with Gasteiger partial charge in [-0.25, -0.2) is 8.42 Å². The van der Waals surface area contributed by atoms with Crippen LogP contribution in [-0.4, -0.2) is 26.0 Å². The van der Waals surface area contributed by atoms with E-state index in [1.807, 2.05) is 6.92 Å². The number of carboxylic acids is 1. The predicted molar refractivity (Wildman–Crippen MR) is 97.1 cm³/mol. The standard InChI is InChI=1S/C16H15BrClNO4S/c1-11-2-5-13(6-3-11)24(22,23)19(9-8-16(20)21)15-7-4-12(17)10-14(15)18/h2-7,10H,8-9H2,1H3,(H,20,21). The first-order valence-electron chi connectivity index (χ1n) is 6.98. The van der Waals surface area contributed by atoms with Gasteiger partial charge in [0.05, 0.1) is 22.0 Å². The zero-order valence-corrected chi connectivity index (χ0v) is 15.9. The molecule has 2 rings (SSSR count). The molecule has 0 radical (unpaired) electrons. The van der Waals surface area contributed by atoms with E-state index in [-0.39, 0.29) is 28.6 Å². The van der Waals surface area contributed by atoms with Crippen LogP contribution in [0, 0.1) is 6.92 Å². The van der Waals surface area contributed by atoms with Crippen molar-refractivity contribution >= 4 is 49.2 Å². The van der Waals surface area contributed by atoms with Crippen molar-refractivity contribution in [2.75, 3.05) is 10.8 Å². The van der Waals surface area contributed by atoms with Crippen LogP contribution in [0.4, 0.5) is 5.69 Å². The Morgan fingerprint density at radius 3 is 2.38 bits per heavy atom. The number of carbonyl (C=O) groups is 1. The number of hydrogen-bond acceptors (Lipinski definition) is 3. The lowest BCUT2D eigenvalue weighted by Gasteiger charge is -2.25. The van der Waals surface area contributed by atoms with Crippen molar-refractivity contribution in [2.24, 2.45) is 0 Å². The van der Waals surface area contributed by atoms with E-state index in [1.54, 1.807) is 30.3 Å². The number of benzene rings is 2. The molecule has 0 bridgehead atoms. The molecule has 0 unspecified atom stereocenters. The number of nitrogens with zero attached hydrogens (tertiary/aromatic N) is 1. The minimum absolute atomic E-state index is 0.0810. The summed E-state index contributed by atoms with van der Waals surface area (Å²) in [6.45, 7) is 1.64. The number of aryl methyl sites for hydroxylation is 1. The number of carboxylic acid groups (broad SMARTS) is 1. The molecule has 0 aliphatic rings. The highest BCUT2D eigenvalue weighted by Crippen LogP contribution is 2.33. The largest absolute Gasteiger partial charge is 0.481 e. The molecule has 0 heterocycles. The molecular weight excluding hydrogens is 418 g/mol. The van der Waals surface area contributed by atoms with E-state index < -0.39 is 16.0 Å². The van der Waals surface area contributed by atoms with E-state index >= 15 is 0 Å². The van der Waals surface area contributed by atoms with Crippen LogP contribution in [0.1, 0.15) is 12.0 Å². The fourth-order valence-electron chi connectivity index (χ4n) is 2.09. The summed E-state index contributed by atoms with van der Waals surface area (Å²) in [5.41, 5.74) is 1.16. The topological polar surface area (TPSA) is 74.7 Å². The molecule has 5 nitrogen and oxygen atoms in total. The first kappa shape index (κ1) is 18.8. The van der Waals surface area contributed by atoms with E-state index in [1.165, 1.54) is 12.1 Å². The quantitative estimate of drug-likeness (QED) is 0.746. The monoisotopic (exact) mass is 431 g/mol. The summed E-state index contributed by atoms with van der Waals surface area (Å²) in [5.74, 6) is -1.09. The van der Waals surface area contributed by atoms with Crippen molar-refractivity contribution in [3.05, 3.63) is 57.5 Å². The molecule has 2 aromatic carbocycles. The normalized spacial score (nSPS) is 11.3. The smallest absolute Gasteiger partial charge is 0.305 e. The minimum Gasteiger partial charge on any atom is -0.481 e. The maximum absolute atomic E-state index is 13.0. The van der Waals surface area contributed by atoms with E-state index in [0.717, 1.165) is 9.87 Å². The molecule has 0 aliphatic carbocycles. The van der Waals surface area contributed by atoms with Crippen molar-refractivity contribution in [1.82, 2.24) is 0 Å². The predicted octanol–water partition coefficient (Wildman–Crippen LogP) is 4.08. The van der Waals surface area contributed by atoms with Crippen molar-refractivity contribution in [3.8, 4) is 0 Å². The van der Waals surface area contributed by atoms with Gasteiger partial charge >= 0.3 is 5.97 Å². The number of sulfonamides is 1. The molecule has 0 aliphatic heterocycles. The molecule has 0 amide bonds. The van der Waals surface area contributed by atoms with Crippen LogP contribution in [0.2, 0.25) is 5.02 Å². The maximum atomic E-state index is 13.0. The second-order valence-corrected chi connectivity index (χ2v) is 8.31. The van der Waals surface area contributed by atoms with Gasteiger partial charge in [-0.1, -0.05) is 45.2 Å². The number of hydrogen-bond donors (Lipinski definition) is 1. The second kappa shape index (κ2) is 7.55. The Balaban J connectivity index is 2.52. The Morgan fingerprint density at radius 1 is 1.21 bits per heavy atom. The molecule has 0 fully saturated rings. The zero-order valence-electron chi connectivity index (χ0n) is 12.7. The number of halogens is 2. The van der Waals surface area contributed by atoms with Gasteiger partial charge in [0, 0.05) is 11.0 Å². The number of rotatable bonds is 6. The molecule has 0 atom stereocenters. The number of aliphatic carboxylic acids is 1. The molecule has 24 heavy (non-hydrogen) atoms. The molecule has 0 saturated heterocycles. The molecular formula is C16H15BrClNO4S. The van der Waals surface area contributed by atoms with Crippen LogP contribution in [0.3, 0.4) is 0 Å². The Labute approximate surface area is 154 Å². The zero-order chi connectivity index (χ0) is 17.9. The third-order valence-corrected chi connectivity index (χ3v) is 5.94. The lowest BCUT2D eigenvalue weighted by Crippen LogP contribution is -2.33. The molecule has 128 valence electrons. The van der Waals surface area contributed by atoms with Crippen molar-refractivity contribution in [1.29, 1.82) is 0 Å². The Hall–Kier alpha value is -1.57. The lowest BCUT2D eigenvalue weighted by molar-refractivity contribution is -0.136. The van der Waals surface area contributed by atoms with Crippen molar-refractivity contribution < 1.29 is 18.3 Å². The third kappa shape index (κ3) is 4.28. The summed E-state index contributed by atoms with van der Waals surface area (Å²) in [6, 6.07) is 11.1. The molecule has 0 spiro atoms. The van der Waals surface area contributed by atoms with Crippen LogP contribution in [-0.2, 0) is 14.8 Å². The average Bonchev–Trinajstić information content (AvgIpc) is 2.49. The Bertz CT molecular complexity index is 853. The molecule has 8 heteroatoms. The van der Waals surface area contributed by atoms with Gasteiger partial charge in [0.2, 0.25) is 0 Å². The molecule has 0 saturated carbocycles. The average molecular weight is 433 g/mol. The number of anilines is 1. The summed E-state index contributed by atoms with van der Waals surface area (Å²) in [4.78, 5) is 11.0. The van der Waals surface area contributed by atoms with Crippen LogP contribution in [0.5, 0.6) is 0 Å². The van der Waals surface area contributed by atoms with Crippen molar-refractivity contribution in [2.45, 2.75) is 18.2 Å². The fourth-order valence-corrected chi connectivity index (χ4v) is 4.40. The Kier molecular flexibility index (Phi) is 5.90. The van der Waals surface area contributed by atoms with Crippen LogP contribution >= 0.6 is 27.5 Å². The minimum atomic E-state index is -3.93. The van der Waals surface area contributed by atoms with Gasteiger partial charge in [-0.05, 0) is 37.3 Å². The van der Waals surface area contributed by atoms with Crippen molar-refractivity contribution in [3.63, 3.8) is 0 Å². The van der Waals surface area contributed by atoms with Gasteiger partial charge < -0.3 is 5.11 Å². The summed E-state index contributed by atoms with van der Waals surface area (Å²) in [5, 5.41) is 9.15. The van der Waals surface area contributed by atoms with E-state index in [2.05, 4.69) is 15.9 Å². The van der Waals surface area contributed by atoms with E-state index in [4.69, 9.17) is 16.7 Å². The maximum Gasteiger partial charge on any atom is 0.305 e. The van der Waals surface area contributed by atoms with Gasteiger partial charge in [-0.15, -0.1) is 0 Å². The highest BCUT2D eigenvalue weighted by Gasteiger charge is 2.27. The fraction of sp³-hybridized carbons (Fsp3) is 0.188. The third-order valence-electron chi connectivity index (χ3n) is 3.32.